The Bertz CT molecular complexity index is 5230. The van der Waals surface area contributed by atoms with Crippen LogP contribution in [0.25, 0.3) is 56.3 Å². The average molecular weight is 1510 g/mol. The van der Waals surface area contributed by atoms with E-state index in [4.69, 9.17) is 12.3 Å². The van der Waals surface area contributed by atoms with Gasteiger partial charge in [0.2, 0.25) is 28.5 Å². The standard InChI is InChI=1S/C24H36N.C23H34N.2C20H28N.C19H26N/c1-10-23(5,6)20-15-22(19-13-12-17(3)14-18(19)4)25(9)16-21(20)24(7,8)11-2;1-9-22(4,5)19-15-21(18-14-12-11-13-17(18)3)24(8)16-20(19)23(6,7)10-2;2*1-8-20(5,6)18-13-21(7)19(12-16(18)4)17-10-9-14(2)11-15(17)3;1-7-19(4,5)17-13-20(6)18(12-15(17)3)16-11-9-8-10-14(16)2/h12-16H,10-11H2,1-9H3;11-16H,9-10H2,1-8H3;2*9-13H,8H2,1-7H3;8-13H,7H2,1-6H3/q5*+1/i3D3;;2D3,4D3;;. The Kier molecular flexibility index (Phi) is 26.2. The SMILES string of the molecule is CCC(C)(C)c1c[n+](C)c(-c2ccc(C)cc2C)cc1C.CCC(C)(C)c1c[n+](C)c(-c2ccccc2C)cc1C.CCC(C)(C)c1cc(-c2ccccc2C)[n+](C)cc1C(C)(C)CC.[2H]C([2H])([2H])c1ccc(-c2cc(C(C)(C)CC)c(C(C)(C)CC)c[n+]2C)c(C)c1.[2H]C([2H])([2H])c1ccc(-c2cc(C([2H])([2H])[2H])c(C(C)(C)CC)c[n+]2C)c(C)c1. The van der Waals surface area contributed by atoms with Crippen molar-refractivity contribution in [3.05, 3.63) is 265 Å². The largest absolute Gasteiger partial charge is 0.212 e. The van der Waals surface area contributed by atoms with E-state index in [-0.39, 0.29) is 43.5 Å². The van der Waals surface area contributed by atoms with Crippen molar-refractivity contribution in [2.45, 2.75) is 304 Å². The molecule has 0 amide bonds. The Morgan fingerprint density at radius 1 is 0.225 bits per heavy atom. The highest BCUT2D eigenvalue weighted by molar-refractivity contribution is 5.67. The molecule has 0 atom stereocenters. The molecule has 0 saturated heterocycles. The average Bonchev–Trinajstić information content (AvgIpc) is 0.723. The van der Waals surface area contributed by atoms with Gasteiger partial charge in [0.1, 0.15) is 35.2 Å². The summed E-state index contributed by atoms with van der Waals surface area (Å²) >= 11 is 0. The first-order chi connectivity index (χ1) is 55.2. The van der Waals surface area contributed by atoms with Gasteiger partial charge >= 0.3 is 0 Å². The molecule has 5 heteroatoms. The zero-order valence-corrected chi connectivity index (χ0v) is 75.8. The Balaban J connectivity index is 0.000000234. The first kappa shape index (κ1) is 78.1. The second-order valence-electron chi connectivity index (χ2n) is 36.7. The number of hydrogen-bond donors (Lipinski definition) is 0. The highest BCUT2D eigenvalue weighted by atomic mass is 14.9. The van der Waals surface area contributed by atoms with Gasteiger partial charge in [-0.1, -0.05) is 235 Å². The minimum Gasteiger partial charge on any atom is -0.201 e. The van der Waals surface area contributed by atoms with Gasteiger partial charge in [-0.15, -0.1) is 0 Å². The van der Waals surface area contributed by atoms with E-state index in [1.807, 2.05) is 51.6 Å². The molecule has 0 unspecified atom stereocenters. The number of aryl methyl sites for hydroxylation is 16. The molecule has 5 aromatic carbocycles. The van der Waals surface area contributed by atoms with Crippen LogP contribution in [0.3, 0.4) is 0 Å². The van der Waals surface area contributed by atoms with Crippen molar-refractivity contribution < 1.29 is 35.2 Å². The fourth-order valence-electron chi connectivity index (χ4n) is 15.0. The monoisotopic (exact) mass is 1500 g/mol. The van der Waals surface area contributed by atoms with E-state index >= 15 is 0 Å². The first-order valence-electron chi connectivity index (χ1n) is 45.8. The highest BCUT2D eigenvalue weighted by Crippen LogP contribution is 2.42. The second kappa shape index (κ2) is 37.2. The van der Waals surface area contributed by atoms with Crippen LogP contribution in [0.4, 0.5) is 0 Å². The van der Waals surface area contributed by atoms with Crippen LogP contribution in [-0.4, -0.2) is 0 Å². The molecule has 10 aromatic rings. The van der Waals surface area contributed by atoms with Crippen LogP contribution in [0.5, 0.6) is 0 Å². The molecule has 0 saturated carbocycles. The smallest absolute Gasteiger partial charge is 0.201 e. The third-order valence-electron chi connectivity index (χ3n) is 25.6. The predicted octanol–water partition coefficient (Wildman–Crippen LogP) is 26.1. The lowest BCUT2D eigenvalue weighted by molar-refractivity contribution is -0.661. The van der Waals surface area contributed by atoms with Crippen molar-refractivity contribution >= 4 is 0 Å². The summed E-state index contributed by atoms with van der Waals surface area (Å²) in [6.45, 7) is 58.3. The maximum Gasteiger partial charge on any atom is 0.212 e. The summed E-state index contributed by atoms with van der Waals surface area (Å²) in [5.74, 6) is 0. The molecule has 111 heavy (non-hydrogen) atoms. The quantitative estimate of drug-likeness (QED) is 0.0719. The van der Waals surface area contributed by atoms with Gasteiger partial charge in [-0.25, -0.2) is 22.8 Å². The Labute approximate surface area is 691 Å². The zero-order chi connectivity index (χ0) is 91.1. The van der Waals surface area contributed by atoms with Gasteiger partial charge in [-0.2, -0.15) is 0 Å². The molecule has 5 nitrogen and oxygen atoms in total. The van der Waals surface area contributed by atoms with E-state index < -0.39 is 20.6 Å². The topological polar surface area (TPSA) is 19.4 Å². The summed E-state index contributed by atoms with van der Waals surface area (Å²) in [5.41, 5.74) is 32.7. The third-order valence-corrected chi connectivity index (χ3v) is 25.6. The maximum absolute atomic E-state index is 8.02. The van der Waals surface area contributed by atoms with Crippen molar-refractivity contribution in [1.29, 1.82) is 0 Å². The fourth-order valence-corrected chi connectivity index (χ4v) is 15.0. The maximum atomic E-state index is 8.02. The van der Waals surface area contributed by atoms with E-state index in [0.717, 1.165) is 84.2 Å². The van der Waals surface area contributed by atoms with Gasteiger partial charge in [0, 0.05) is 98.3 Å². The van der Waals surface area contributed by atoms with Gasteiger partial charge in [0.05, 0.1) is 0 Å². The molecule has 0 aliphatic rings. The number of benzene rings is 5. The Morgan fingerprint density at radius 2 is 0.450 bits per heavy atom. The van der Waals surface area contributed by atoms with Crippen LogP contribution in [0.15, 0.2) is 164 Å². The number of nitrogens with zero attached hydrogens (tertiary/aromatic N) is 5. The summed E-state index contributed by atoms with van der Waals surface area (Å²) in [7, 11) is 10.5. The molecule has 10 rings (SSSR count). The van der Waals surface area contributed by atoms with Gasteiger partial charge < -0.3 is 0 Å². The normalized spacial score (nSPS) is 13.6. The van der Waals surface area contributed by atoms with Crippen LogP contribution in [0.1, 0.15) is 303 Å². The molecule has 5 aromatic heterocycles. The molecular weight excluding hydrogens is 1340 g/mol. The molecule has 0 N–H and O–H groups in total. The molecule has 0 aliphatic carbocycles. The van der Waals surface area contributed by atoms with Crippen LogP contribution in [0, 0.1) is 75.9 Å². The minimum atomic E-state index is -2.22. The van der Waals surface area contributed by atoms with Crippen LogP contribution in [0.2, 0.25) is 0 Å². The van der Waals surface area contributed by atoms with Crippen LogP contribution in [-0.2, 0) is 73.1 Å². The van der Waals surface area contributed by atoms with Crippen molar-refractivity contribution in [2.24, 2.45) is 35.2 Å². The van der Waals surface area contributed by atoms with Crippen molar-refractivity contribution in [1.82, 2.24) is 0 Å². The Hall–Kier alpha value is -8.15. The minimum absolute atomic E-state index is 0.0668. The third kappa shape index (κ3) is 21.8. The zero-order valence-electron chi connectivity index (χ0n) is 84.8. The molecule has 596 valence electrons. The van der Waals surface area contributed by atoms with Gasteiger partial charge in [-0.05, 0) is 245 Å². The number of rotatable bonds is 19. The fraction of sp³-hybridized carbons (Fsp3) is 0.481. The van der Waals surface area contributed by atoms with Gasteiger partial charge in [0.15, 0.2) is 31.0 Å². The van der Waals surface area contributed by atoms with E-state index in [0.29, 0.717) is 11.1 Å². The van der Waals surface area contributed by atoms with Crippen molar-refractivity contribution in [2.75, 3.05) is 0 Å². The molecular formula is C106H152N5+5. The number of aromatic nitrogens is 5. The lowest BCUT2D eigenvalue weighted by Gasteiger charge is -2.32. The summed E-state index contributed by atoms with van der Waals surface area (Å²) in [4.78, 5) is 0. The van der Waals surface area contributed by atoms with Gasteiger partial charge in [-0.3, -0.25) is 0 Å². The lowest BCUT2D eigenvalue weighted by Crippen LogP contribution is -2.37. The second-order valence-corrected chi connectivity index (χ2v) is 36.7. The molecule has 0 spiro atoms. The summed E-state index contributed by atoms with van der Waals surface area (Å²) in [5, 5.41) is 0. The molecule has 0 bridgehead atoms. The number of hydrogen-bond acceptors (Lipinski definition) is 0. The summed E-state index contributed by atoms with van der Waals surface area (Å²) in [6.07, 6.45) is 18.7. The van der Waals surface area contributed by atoms with Crippen LogP contribution < -0.4 is 22.8 Å². The van der Waals surface area contributed by atoms with Crippen molar-refractivity contribution in [3.8, 4) is 56.3 Å². The first-order valence-corrected chi connectivity index (χ1v) is 41.3. The van der Waals surface area contributed by atoms with E-state index in [1.54, 1.807) is 36.4 Å². The molecule has 0 radical (unpaired) electrons. The van der Waals surface area contributed by atoms with Crippen LogP contribution >= 0.6 is 0 Å². The summed E-state index contributed by atoms with van der Waals surface area (Å²) in [6, 6.07) is 45.6. The number of pyridine rings is 5. The molecule has 0 aliphatic heterocycles. The van der Waals surface area contributed by atoms with E-state index in [1.165, 1.54) is 101 Å². The van der Waals surface area contributed by atoms with Crippen molar-refractivity contribution in [3.63, 3.8) is 0 Å². The van der Waals surface area contributed by atoms with E-state index in [9.17, 15) is 0 Å². The molecule has 5 heterocycles. The lowest BCUT2D eigenvalue weighted by atomic mass is 9.71. The highest BCUT2D eigenvalue weighted by Gasteiger charge is 2.36. The van der Waals surface area contributed by atoms with E-state index in [2.05, 4.69) is 335 Å². The Morgan fingerprint density at radius 3 is 0.721 bits per heavy atom. The summed E-state index contributed by atoms with van der Waals surface area (Å²) < 4.78 is 80.8. The van der Waals surface area contributed by atoms with Gasteiger partial charge in [0.25, 0.3) is 0 Å². The molecule has 0 fully saturated rings. The predicted molar refractivity (Wildman–Crippen MR) is 481 cm³/mol.